The summed E-state index contributed by atoms with van der Waals surface area (Å²) in [5, 5.41) is 0. The molecule has 0 bridgehead atoms. The first-order chi connectivity index (χ1) is 13.4. The van der Waals surface area contributed by atoms with Gasteiger partial charge in [0.25, 0.3) is 0 Å². The summed E-state index contributed by atoms with van der Waals surface area (Å²) >= 11 is 0. The maximum atomic E-state index is 13.1. The van der Waals surface area contributed by atoms with Crippen molar-refractivity contribution >= 4 is 11.6 Å². The lowest BCUT2D eigenvalue weighted by Crippen LogP contribution is -2.47. The molecule has 0 N–H and O–H groups in total. The van der Waals surface area contributed by atoms with Crippen LogP contribution in [0.15, 0.2) is 60.7 Å². The quantitative estimate of drug-likeness (QED) is 0.723. The number of rotatable bonds is 6. The van der Waals surface area contributed by atoms with Gasteiger partial charge in [-0.1, -0.05) is 48.5 Å². The van der Waals surface area contributed by atoms with E-state index in [1.807, 2.05) is 18.2 Å². The summed E-state index contributed by atoms with van der Waals surface area (Å²) in [4.78, 5) is 15.2. The molecule has 0 unspecified atom stereocenters. The zero-order valence-corrected chi connectivity index (χ0v) is 15.7. The van der Waals surface area contributed by atoms with E-state index < -0.39 is 12.1 Å². The van der Waals surface area contributed by atoms with Crippen molar-refractivity contribution in [3.05, 3.63) is 66.2 Å². The van der Waals surface area contributed by atoms with Crippen molar-refractivity contribution in [1.82, 2.24) is 4.90 Å². The lowest BCUT2D eigenvalue weighted by atomic mass is 9.96. The van der Waals surface area contributed by atoms with Crippen LogP contribution >= 0.6 is 0 Å². The number of anilines is 1. The molecule has 3 nitrogen and oxygen atoms in total. The molecule has 2 aromatic rings. The molecule has 1 heterocycles. The van der Waals surface area contributed by atoms with Crippen LogP contribution in [0.5, 0.6) is 0 Å². The summed E-state index contributed by atoms with van der Waals surface area (Å²) < 4.78 is 39.4. The van der Waals surface area contributed by atoms with E-state index in [1.165, 1.54) is 5.56 Å². The zero-order chi connectivity index (χ0) is 20.0. The third-order valence-electron chi connectivity index (χ3n) is 5.16. The second kappa shape index (κ2) is 9.24. The molecule has 6 heteroatoms. The monoisotopic (exact) mass is 390 g/mol. The second-order valence-corrected chi connectivity index (χ2v) is 7.29. The first-order valence-electron chi connectivity index (χ1n) is 9.63. The molecule has 0 radical (unpaired) electrons. The first-order valence-corrected chi connectivity index (χ1v) is 9.63. The van der Waals surface area contributed by atoms with E-state index in [0.29, 0.717) is 12.2 Å². The van der Waals surface area contributed by atoms with Crippen LogP contribution in [0, 0.1) is 5.92 Å². The fraction of sp³-hybridized carbons (Fsp3) is 0.409. The van der Waals surface area contributed by atoms with Crippen molar-refractivity contribution in [3.63, 3.8) is 0 Å². The number of piperidine rings is 1. The molecule has 0 aromatic heterocycles. The maximum Gasteiger partial charge on any atom is 0.471 e. The third kappa shape index (κ3) is 5.58. The van der Waals surface area contributed by atoms with Crippen LogP contribution in [0.3, 0.4) is 0 Å². The SMILES string of the molecule is O=C(N(C[C@@H]1CCCN(CCc2ccccc2)C1)c1ccccc1)C(F)(F)F. The molecule has 0 spiro atoms. The van der Waals surface area contributed by atoms with Gasteiger partial charge in [-0.2, -0.15) is 13.2 Å². The minimum Gasteiger partial charge on any atom is -0.304 e. The number of benzene rings is 2. The van der Waals surface area contributed by atoms with E-state index in [9.17, 15) is 18.0 Å². The van der Waals surface area contributed by atoms with Gasteiger partial charge in [-0.3, -0.25) is 4.79 Å². The fourth-order valence-corrected chi connectivity index (χ4v) is 3.76. The minimum absolute atomic E-state index is 0.0241. The molecule has 150 valence electrons. The average molecular weight is 390 g/mol. The third-order valence-corrected chi connectivity index (χ3v) is 5.16. The highest BCUT2D eigenvalue weighted by molar-refractivity contribution is 5.97. The number of para-hydroxylation sites is 1. The molecule has 1 atom stereocenters. The molecule has 1 aliphatic rings. The van der Waals surface area contributed by atoms with E-state index in [4.69, 9.17) is 0 Å². The Morgan fingerprint density at radius 1 is 1.04 bits per heavy atom. The number of hydrogen-bond acceptors (Lipinski definition) is 2. The largest absolute Gasteiger partial charge is 0.471 e. The Hall–Kier alpha value is -2.34. The fourth-order valence-electron chi connectivity index (χ4n) is 3.76. The number of carbonyl (C=O) groups excluding carboxylic acids is 1. The Kier molecular flexibility index (Phi) is 6.73. The Labute approximate surface area is 163 Å². The maximum absolute atomic E-state index is 13.1. The van der Waals surface area contributed by atoms with Crippen LogP contribution in [-0.4, -0.2) is 43.2 Å². The Balaban J connectivity index is 1.64. The van der Waals surface area contributed by atoms with Gasteiger partial charge in [-0.15, -0.1) is 0 Å². The molecular formula is C22H25F3N2O. The summed E-state index contributed by atoms with van der Waals surface area (Å²) in [6.07, 6.45) is -2.20. The summed E-state index contributed by atoms with van der Waals surface area (Å²) in [6.45, 7) is 2.62. The molecule has 2 aromatic carbocycles. The van der Waals surface area contributed by atoms with Gasteiger partial charge in [0.05, 0.1) is 0 Å². The van der Waals surface area contributed by atoms with Gasteiger partial charge in [0.1, 0.15) is 0 Å². The van der Waals surface area contributed by atoms with E-state index >= 15 is 0 Å². The zero-order valence-electron chi connectivity index (χ0n) is 15.7. The highest BCUT2D eigenvalue weighted by atomic mass is 19.4. The number of halogens is 3. The van der Waals surface area contributed by atoms with Crippen molar-refractivity contribution in [2.24, 2.45) is 5.92 Å². The number of carbonyl (C=O) groups is 1. The van der Waals surface area contributed by atoms with Crippen molar-refractivity contribution < 1.29 is 18.0 Å². The van der Waals surface area contributed by atoms with E-state index in [2.05, 4.69) is 17.0 Å². The molecule has 0 saturated carbocycles. The van der Waals surface area contributed by atoms with Crippen LogP contribution in [0.4, 0.5) is 18.9 Å². The lowest BCUT2D eigenvalue weighted by molar-refractivity contribution is -0.170. The molecule has 0 aliphatic carbocycles. The first kappa shape index (κ1) is 20.4. The van der Waals surface area contributed by atoms with Crippen molar-refractivity contribution in [3.8, 4) is 0 Å². The Morgan fingerprint density at radius 3 is 2.32 bits per heavy atom. The van der Waals surface area contributed by atoms with Gasteiger partial charge in [-0.05, 0) is 49.4 Å². The molecule has 1 fully saturated rings. The van der Waals surface area contributed by atoms with Crippen LogP contribution in [-0.2, 0) is 11.2 Å². The van der Waals surface area contributed by atoms with Crippen LogP contribution < -0.4 is 4.90 Å². The number of alkyl halides is 3. The second-order valence-electron chi connectivity index (χ2n) is 7.29. The standard InChI is InChI=1S/C22H25F3N2O/c23-22(24,25)21(28)27(20-11-5-2-6-12-20)17-19-10-7-14-26(16-19)15-13-18-8-3-1-4-9-18/h1-6,8-9,11-12,19H,7,10,13-17H2/t19-/m1/s1. The summed E-state index contributed by atoms with van der Waals surface area (Å²) in [5.74, 6) is -1.77. The predicted molar refractivity (Wildman–Crippen MR) is 104 cm³/mol. The van der Waals surface area contributed by atoms with Gasteiger partial charge >= 0.3 is 12.1 Å². The van der Waals surface area contributed by atoms with Gasteiger partial charge in [-0.25, -0.2) is 0 Å². The molecule has 1 aliphatic heterocycles. The van der Waals surface area contributed by atoms with Gasteiger partial charge in [0.15, 0.2) is 0 Å². The lowest BCUT2D eigenvalue weighted by Gasteiger charge is -2.36. The molecular weight excluding hydrogens is 365 g/mol. The Bertz CT molecular complexity index is 749. The van der Waals surface area contributed by atoms with Gasteiger partial charge in [0.2, 0.25) is 0 Å². The highest BCUT2D eigenvalue weighted by Crippen LogP contribution is 2.27. The molecule has 28 heavy (non-hydrogen) atoms. The van der Waals surface area contributed by atoms with Gasteiger partial charge in [0, 0.05) is 25.3 Å². The van der Waals surface area contributed by atoms with E-state index in [-0.39, 0.29) is 12.5 Å². The number of hydrogen-bond donors (Lipinski definition) is 0. The van der Waals surface area contributed by atoms with Crippen LogP contribution in [0.2, 0.25) is 0 Å². The Morgan fingerprint density at radius 2 is 1.68 bits per heavy atom. The molecule has 1 amide bonds. The summed E-state index contributed by atoms with van der Waals surface area (Å²) in [6, 6.07) is 18.3. The number of nitrogens with zero attached hydrogens (tertiary/aromatic N) is 2. The van der Waals surface area contributed by atoms with E-state index in [1.54, 1.807) is 30.3 Å². The normalized spacial score (nSPS) is 18.0. The van der Waals surface area contributed by atoms with Gasteiger partial charge < -0.3 is 9.80 Å². The number of amides is 1. The highest BCUT2D eigenvalue weighted by Gasteiger charge is 2.43. The van der Waals surface area contributed by atoms with Crippen molar-refractivity contribution in [1.29, 1.82) is 0 Å². The predicted octanol–water partition coefficient (Wildman–Crippen LogP) is 4.54. The minimum atomic E-state index is -4.88. The number of likely N-dealkylation sites (tertiary alicyclic amines) is 1. The van der Waals surface area contributed by atoms with Crippen LogP contribution in [0.25, 0.3) is 0 Å². The van der Waals surface area contributed by atoms with Crippen LogP contribution in [0.1, 0.15) is 18.4 Å². The van der Waals surface area contributed by atoms with Crippen molar-refractivity contribution in [2.45, 2.75) is 25.4 Å². The van der Waals surface area contributed by atoms with Crippen molar-refractivity contribution in [2.75, 3.05) is 31.1 Å². The van der Waals surface area contributed by atoms with E-state index in [0.717, 1.165) is 37.3 Å². The smallest absolute Gasteiger partial charge is 0.304 e. The summed E-state index contributed by atoms with van der Waals surface area (Å²) in [5.41, 5.74) is 1.55. The molecule has 1 saturated heterocycles. The average Bonchev–Trinajstić information content (AvgIpc) is 2.71. The topological polar surface area (TPSA) is 23.6 Å². The summed E-state index contributed by atoms with van der Waals surface area (Å²) in [7, 11) is 0. The molecule has 3 rings (SSSR count).